The van der Waals surface area contributed by atoms with Crippen molar-refractivity contribution >= 4 is 44.6 Å². The van der Waals surface area contributed by atoms with Gasteiger partial charge in [0, 0.05) is 28.2 Å². The Kier molecular flexibility index (Phi) is 5.44. The Labute approximate surface area is 178 Å². The number of thiazole rings is 1. The fourth-order valence-electron chi connectivity index (χ4n) is 2.76. The van der Waals surface area contributed by atoms with Crippen molar-refractivity contribution < 1.29 is 13.2 Å². The molecule has 1 amide bonds. The molecule has 0 unspecified atom stereocenters. The molecule has 3 aromatic rings. The molecule has 2 aromatic carbocycles. The Hall–Kier alpha value is -2.26. The number of amides is 1. The molecule has 6 nitrogen and oxygen atoms in total. The summed E-state index contributed by atoms with van der Waals surface area (Å²) in [5, 5.41) is 5.83. The average molecular weight is 448 g/mol. The first-order valence-electron chi connectivity index (χ1n) is 8.97. The molecule has 2 N–H and O–H groups in total. The van der Waals surface area contributed by atoms with E-state index in [4.69, 9.17) is 11.6 Å². The van der Waals surface area contributed by atoms with Gasteiger partial charge in [-0.25, -0.2) is 18.1 Å². The third-order valence-electron chi connectivity index (χ3n) is 4.44. The van der Waals surface area contributed by atoms with Crippen molar-refractivity contribution in [2.45, 2.75) is 30.7 Å². The highest BCUT2D eigenvalue weighted by atomic mass is 35.5. The summed E-state index contributed by atoms with van der Waals surface area (Å²) in [5.41, 5.74) is 2.66. The first-order chi connectivity index (χ1) is 13.8. The Morgan fingerprint density at radius 2 is 1.90 bits per heavy atom. The molecule has 1 aliphatic carbocycles. The summed E-state index contributed by atoms with van der Waals surface area (Å²) in [4.78, 5) is 17.0. The Balaban J connectivity index is 1.52. The molecular formula is C20H18ClN3O3S2. The number of benzene rings is 2. The van der Waals surface area contributed by atoms with Crippen LogP contribution in [0.5, 0.6) is 0 Å². The van der Waals surface area contributed by atoms with Gasteiger partial charge in [-0.2, -0.15) is 0 Å². The molecule has 1 aromatic heterocycles. The van der Waals surface area contributed by atoms with E-state index in [2.05, 4.69) is 15.0 Å². The lowest BCUT2D eigenvalue weighted by atomic mass is 10.1. The van der Waals surface area contributed by atoms with Crippen LogP contribution in [0.2, 0.25) is 5.02 Å². The van der Waals surface area contributed by atoms with E-state index in [1.807, 2.05) is 24.4 Å². The summed E-state index contributed by atoms with van der Waals surface area (Å²) in [6.45, 7) is 1.95. The van der Waals surface area contributed by atoms with Crippen LogP contribution >= 0.6 is 22.9 Å². The summed E-state index contributed by atoms with van der Waals surface area (Å²) in [6.07, 6.45) is 1.63. The molecular weight excluding hydrogens is 430 g/mol. The Bertz CT molecular complexity index is 1170. The summed E-state index contributed by atoms with van der Waals surface area (Å²) in [6, 6.07) is 11.5. The van der Waals surface area contributed by atoms with Crippen LogP contribution < -0.4 is 10.0 Å². The van der Waals surface area contributed by atoms with Crippen LogP contribution in [0.25, 0.3) is 11.3 Å². The molecule has 0 bridgehead atoms. The van der Waals surface area contributed by atoms with Gasteiger partial charge in [-0.15, -0.1) is 11.3 Å². The predicted molar refractivity (Wildman–Crippen MR) is 115 cm³/mol. The van der Waals surface area contributed by atoms with Crippen molar-refractivity contribution in [3.05, 3.63) is 63.4 Å². The number of halogens is 1. The van der Waals surface area contributed by atoms with Crippen LogP contribution in [0.1, 0.15) is 28.2 Å². The topological polar surface area (TPSA) is 88.2 Å². The molecule has 150 valence electrons. The van der Waals surface area contributed by atoms with Gasteiger partial charge in [0.2, 0.25) is 10.0 Å². The maximum atomic E-state index is 12.6. The average Bonchev–Trinajstić information content (AvgIpc) is 3.38. The van der Waals surface area contributed by atoms with Gasteiger partial charge in [-0.05, 0) is 50.1 Å². The second-order valence-corrected chi connectivity index (χ2v) is 9.98. The third kappa shape index (κ3) is 4.67. The second-order valence-electron chi connectivity index (χ2n) is 6.82. The van der Waals surface area contributed by atoms with E-state index in [1.165, 1.54) is 18.2 Å². The highest BCUT2D eigenvalue weighted by molar-refractivity contribution is 7.89. The first kappa shape index (κ1) is 20.0. The van der Waals surface area contributed by atoms with Gasteiger partial charge in [-0.1, -0.05) is 23.7 Å². The third-order valence-corrected chi connectivity index (χ3v) is 7.22. The van der Waals surface area contributed by atoms with E-state index in [-0.39, 0.29) is 21.5 Å². The Morgan fingerprint density at radius 1 is 1.17 bits per heavy atom. The second kappa shape index (κ2) is 7.87. The quantitative estimate of drug-likeness (QED) is 0.583. The van der Waals surface area contributed by atoms with Gasteiger partial charge >= 0.3 is 0 Å². The van der Waals surface area contributed by atoms with Crippen molar-refractivity contribution in [3.63, 3.8) is 0 Å². The monoisotopic (exact) mass is 447 g/mol. The number of aromatic nitrogens is 1. The lowest BCUT2D eigenvalue weighted by Gasteiger charge is -2.10. The largest absolute Gasteiger partial charge is 0.322 e. The molecule has 4 rings (SSSR count). The molecule has 9 heteroatoms. The van der Waals surface area contributed by atoms with E-state index in [9.17, 15) is 13.2 Å². The van der Waals surface area contributed by atoms with Crippen LogP contribution in [0.4, 0.5) is 5.69 Å². The minimum atomic E-state index is -3.76. The number of rotatable bonds is 6. The van der Waals surface area contributed by atoms with Crippen LogP contribution in [0.3, 0.4) is 0 Å². The molecule has 1 aliphatic rings. The molecule has 1 heterocycles. The minimum Gasteiger partial charge on any atom is -0.322 e. The van der Waals surface area contributed by atoms with Crippen molar-refractivity contribution in [2.75, 3.05) is 5.32 Å². The molecule has 0 spiro atoms. The number of aryl methyl sites for hydroxylation is 1. The van der Waals surface area contributed by atoms with E-state index >= 15 is 0 Å². The summed E-state index contributed by atoms with van der Waals surface area (Å²) in [7, 11) is -3.76. The summed E-state index contributed by atoms with van der Waals surface area (Å²) < 4.78 is 27.5. The highest BCUT2D eigenvalue weighted by Gasteiger charge is 2.29. The molecule has 29 heavy (non-hydrogen) atoms. The van der Waals surface area contributed by atoms with Gasteiger partial charge in [0.25, 0.3) is 5.91 Å². The SMILES string of the molecule is Cc1nc(-c2ccc(NC(=O)c3ccc(Cl)c(S(=O)(=O)NC4CC4)c3)cc2)cs1. The number of hydrogen-bond acceptors (Lipinski definition) is 5. The normalized spacial score (nSPS) is 14.0. The van der Waals surface area contributed by atoms with Crippen LogP contribution in [0, 0.1) is 6.92 Å². The highest BCUT2D eigenvalue weighted by Crippen LogP contribution is 2.27. The number of nitrogens with zero attached hydrogens (tertiary/aromatic N) is 1. The number of hydrogen-bond donors (Lipinski definition) is 2. The van der Waals surface area contributed by atoms with E-state index < -0.39 is 15.9 Å². The first-order valence-corrected chi connectivity index (χ1v) is 11.7. The van der Waals surface area contributed by atoms with Crippen molar-refractivity contribution in [1.82, 2.24) is 9.71 Å². The van der Waals surface area contributed by atoms with Gasteiger partial charge < -0.3 is 5.32 Å². The molecule has 0 radical (unpaired) electrons. The van der Waals surface area contributed by atoms with Crippen molar-refractivity contribution in [1.29, 1.82) is 0 Å². The van der Waals surface area contributed by atoms with Crippen molar-refractivity contribution in [3.8, 4) is 11.3 Å². The smallest absolute Gasteiger partial charge is 0.255 e. The lowest BCUT2D eigenvalue weighted by Crippen LogP contribution is -2.26. The summed E-state index contributed by atoms with van der Waals surface area (Å²) >= 11 is 7.65. The molecule has 0 atom stereocenters. The molecule has 1 saturated carbocycles. The number of carbonyl (C=O) groups is 1. The fraction of sp³-hybridized carbons (Fsp3) is 0.200. The van der Waals surface area contributed by atoms with Crippen LogP contribution in [0.15, 0.2) is 52.7 Å². The Morgan fingerprint density at radius 3 is 2.52 bits per heavy atom. The van der Waals surface area contributed by atoms with Crippen LogP contribution in [-0.4, -0.2) is 25.4 Å². The fourth-order valence-corrected chi connectivity index (χ4v) is 5.21. The van der Waals surface area contributed by atoms with E-state index in [1.54, 1.807) is 23.5 Å². The van der Waals surface area contributed by atoms with E-state index in [0.717, 1.165) is 29.1 Å². The molecule has 1 fully saturated rings. The predicted octanol–water partition coefficient (Wildman–Crippen LogP) is 4.46. The van der Waals surface area contributed by atoms with E-state index in [0.29, 0.717) is 5.69 Å². The van der Waals surface area contributed by atoms with Gasteiger partial charge in [-0.3, -0.25) is 4.79 Å². The number of carbonyl (C=O) groups excluding carboxylic acids is 1. The number of nitrogens with one attached hydrogen (secondary N) is 2. The lowest BCUT2D eigenvalue weighted by molar-refractivity contribution is 0.102. The standard InChI is InChI=1S/C20H18ClN3O3S2/c1-12-22-18(11-28-12)13-2-5-15(6-3-13)23-20(25)14-4-9-17(21)19(10-14)29(26,27)24-16-7-8-16/h2-6,9-11,16,24H,7-8H2,1H3,(H,23,25). The summed E-state index contributed by atoms with van der Waals surface area (Å²) in [5.74, 6) is -0.415. The van der Waals surface area contributed by atoms with Crippen LogP contribution in [-0.2, 0) is 10.0 Å². The molecule has 0 saturated heterocycles. The van der Waals surface area contributed by atoms with Crippen molar-refractivity contribution in [2.24, 2.45) is 0 Å². The molecule has 0 aliphatic heterocycles. The maximum Gasteiger partial charge on any atom is 0.255 e. The van der Waals surface area contributed by atoms with Gasteiger partial charge in [0.05, 0.1) is 15.7 Å². The zero-order valence-electron chi connectivity index (χ0n) is 15.5. The maximum absolute atomic E-state index is 12.6. The zero-order valence-corrected chi connectivity index (χ0v) is 17.9. The zero-order chi connectivity index (χ0) is 20.6. The minimum absolute atomic E-state index is 0.0476. The van der Waals surface area contributed by atoms with Gasteiger partial charge in [0.15, 0.2) is 0 Å². The van der Waals surface area contributed by atoms with Gasteiger partial charge in [0.1, 0.15) is 4.90 Å². The number of sulfonamides is 1. The number of anilines is 1.